The van der Waals surface area contributed by atoms with E-state index in [9.17, 15) is 8.78 Å². The number of fused-ring (bicyclic) bond motifs is 1. The topological polar surface area (TPSA) is 64.3 Å². The van der Waals surface area contributed by atoms with Crippen LogP contribution in [0.15, 0.2) is 36.0 Å². The van der Waals surface area contributed by atoms with E-state index < -0.39 is 11.6 Å². The molecule has 0 radical (unpaired) electrons. The fourth-order valence-corrected chi connectivity index (χ4v) is 3.34. The van der Waals surface area contributed by atoms with Gasteiger partial charge in [-0.05, 0) is 13.0 Å². The number of ether oxygens (including phenoxy) is 1. The largest absolute Gasteiger partial charge is 0.497 e. The molecule has 0 aliphatic rings. The van der Waals surface area contributed by atoms with Gasteiger partial charge < -0.3 is 10.1 Å². The first-order valence-corrected chi connectivity index (χ1v) is 8.50. The first-order chi connectivity index (χ1) is 12.6. The molecule has 0 aliphatic carbocycles. The number of hydrogen-bond donors (Lipinski definition) is 1. The Morgan fingerprint density at radius 2 is 1.96 bits per heavy atom. The standard InChI is InChI=1S/C17H13F2N5OS/c1-9-15(24-5-3-4-20-16(24)21-9)13-8-26-17(22-13)23-14-11(18)6-10(25-2)7-12(14)19/h3-8H,1-2H3,(H,22,23). The van der Waals surface area contributed by atoms with E-state index in [1.807, 2.05) is 17.5 Å². The second kappa shape index (κ2) is 6.34. The number of thiazole rings is 1. The van der Waals surface area contributed by atoms with Gasteiger partial charge in [-0.1, -0.05) is 0 Å². The maximum atomic E-state index is 14.1. The van der Waals surface area contributed by atoms with Crippen LogP contribution in [0.4, 0.5) is 19.6 Å². The lowest BCUT2D eigenvalue weighted by Gasteiger charge is -2.08. The van der Waals surface area contributed by atoms with E-state index in [1.54, 1.807) is 17.6 Å². The minimum atomic E-state index is -0.756. The van der Waals surface area contributed by atoms with Crippen LogP contribution in [0, 0.1) is 18.6 Å². The zero-order valence-corrected chi connectivity index (χ0v) is 14.6. The third kappa shape index (κ3) is 2.76. The van der Waals surface area contributed by atoms with Gasteiger partial charge >= 0.3 is 0 Å². The van der Waals surface area contributed by atoms with Crippen molar-refractivity contribution in [2.24, 2.45) is 0 Å². The van der Waals surface area contributed by atoms with Crippen molar-refractivity contribution >= 4 is 27.9 Å². The van der Waals surface area contributed by atoms with Crippen LogP contribution >= 0.6 is 11.3 Å². The predicted molar refractivity (Wildman–Crippen MR) is 95.0 cm³/mol. The van der Waals surface area contributed by atoms with Gasteiger partial charge in [-0.3, -0.25) is 4.40 Å². The van der Waals surface area contributed by atoms with E-state index in [0.29, 0.717) is 16.6 Å². The molecule has 0 unspecified atom stereocenters. The Hall–Kier alpha value is -3.07. The Morgan fingerprint density at radius 3 is 2.69 bits per heavy atom. The second-order valence-corrected chi connectivity index (χ2v) is 6.32. The fourth-order valence-electron chi connectivity index (χ4n) is 2.64. The number of imidazole rings is 1. The molecule has 3 heterocycles. The zero-order chi connectivity index (χ0) is 18.3. The van der Waals surface area contributed by atoms with Crippen molar-refractivity contribution in [3.05, 3.63) is 53.3 Å². The summed E-state index contributed by atoms with van der Waals surface area (Å²) in [5.41, 5.74) is 1.92. The first kappa shape index (κ1) is 16.4. The van der Waals surface area contributed by atoms with Gasteiger partial charge in [0.15, 0.2) is 16.8 Å². The minimum absolute atomic E-state index is 0.110. The van der Waals surface area contributed by atoms with Crippen LogP contribution in [0.25, 0.3) is 17.2 Å². The van der Waals surface area contributed by atoms with Crippen molar-refractivity contribution in [2.75, 3.05) is 12.4 Å². The zero-order valence-electron chi connectivity index (χ0n) is 13.8. The molecule has 4 aromatic rings. The van der Waals surface area contributed by atoms with Crippen molar-refractivity contribution in [1.82, 2.24) is 19.4 Å². The molecule has 0 bridgehead atoms. The number of anilines is 2. The summed E-state index contributed by atoms with van der Waals surface area (Å²) >= 11 is 1.24. The average molecular weight is 373 g/mol. The van der Waals surface area contributed by atoms with E-state index in [2.05, 4.69) is 20.3 Å². The third-order valence-corrected chi connectivity index (χ3v) is 4.57. The van der Waals surface area contributed by atoms with Crippen molar-refractivity contribution in [3.8, 4) is 17.1 Å². The van der Waals surface area contributed by atoms with Crippen molar-refractivity contribution in [1.29, 1.82) is 0 Å². The lowest BCUT2D eigenvalue weighted by Crippen LogP contribution is -1.99. The molecule has 0 aliphatic heterocycles. The number of nitrogens with one attached hydrogen (secondary N) is 1. The number of methoxy groups -OCH3 is 1. The van der Waals surface area contributed by atoms with Gasteiger partial charge in [-0.25, -0.2) is 23.7 Å². The molecule has 9 heteroatoms. The molecule has 0 saturated carbocycles. The van der Waals surface area contributed by atoms with Gasteiger partial charge in [0.1, 0.15) is 17.1 Å². The highest BCUT2D eigenvalue weighted by molar-refractivity contribution is 7.14. The Morgan fingerprint density at radius 1 is 1.19 bits per heavy atom. The summed E-state index contributed by atoms with van der Waals surface area (Å²) in [5.74, 6) is -0.837. The number of rotatable bonds is 4. The monoisotopic (exact) mass is 373 g/mol. The highest BCUT2D eigenvalue weighted by Gasteiger charge is 2.17. The molecule has 4 rings (SSSR count). The number of aryl methyl sites for hydroxylation is 1. The average Bonchev–Trinajstić information content (AvgIpc) is 3.20. The molecule has 1 N–H and O–H groups in total. The summed E-state index contributed by atoms with van der Waals surface area (Å²) in [7, 11) is 1.35. The smallest absolute Gasteiger partial charge is 0.234 e. The lowest BCUT2D eigenvalue weighted by molar-refractivity contribution is 0.407. The van der Waals surface area contributed by atoms with Gasteiger partial charge in [-0.15, -0.1) is 11.3 Å². The minimum Gasteiger partial charge on any atom is -0.497 e. The Balaban J connectivity index is 1.70. The maximum absolute atomic E-state index is 14.1. The van der Waals surface area contributed by atoms with E-state index in [4.69, 9.17) is 4.74 Å². The number of hydrogen-bond acceptors (Lipinski definition) is 6. The van der Waals surface area contributed by atoms with Crippen LogP contribution in [0.1, 0.15) is 5.69 Å². The maximum Gasteiger partial charge on any atom is 0.234 e. The van der Waals surface area contributed by atoms with Crippen LogP contribution in [0.5, 0.6) is 5.75 Å². The van der Waals surface area contributed by atoms with Crippen molar-refractivity contribution in [3.63, 3.8) is 0 Å². The van der Waals surface area contributed by atoms with Gasteiger partial charge in [0.2, 0.25) is 5.78 Å². The van der Waals surface area contributed by atoms with Crippen molar-refractivity contribution in [2.45, 2.75) is 6.92 Å². The number of nitrogens with zero attached hydrogens (tertiary/aromatic N) is 4. The van der Waals surface area contributed by atoms with Crippen LogP contribution in [0.2, 0.25) is 0 Å². The van der Waals surface area contributed by atoms with E-state index in [0.717, 1.165) is 23.5 Å². The lowest BCUT2D eigenvalue weighted by atomic mass is 10.2. The van der Waals surface area contributed by atoms with Crippen LogP contribution in [-0.4, -0.2) is 26.5 Å². The fraction of sp³-hybridized carbons (Fsp3) is 0.118. The Labute approximate surface area is 151 Å². The Bertz CT molecular complexity index is 1080. The number of halogens is 2. The molecule has 0 amide bonds. The molecular formula is C17H13F2N5OS. The highest BCUT2D eigenvalue weighted by Crippen LogP contribution is 2.32. The van der Waals surface area contributed by atoms with Gasteiger partial charge in [0.05, 0.1) is 18.5 Å². The summed E-state index contributed by atoms with van der Waals surface area (Å²) < 4.78 is 34.9. The van der Waals surface area contributed by atoms with Gasteiger partial charge in [0, 0.05) is 29.9 Å². The molecule has 0 fully saturated rings. The number of benzene rings is 1. The predicted octanol–water partition coefficient (Wildman–Crippen LogP) is 4.19. The van der Waals surface area contributed by atoms with Crippen molar-refractivity contribution < 1.29 is 13.5 Å². The molecular weight excluding hydrogens is 360 g/mol. The van der Waals surface area contributed by atoms with Crippen LogP contribution < -0.4 is 10.1 Å². The normalized spacial score (nSPS) is 11.1. The molecule has 3 aromatic heterocycles. The molecule has 26 heavy (non-hydrogen) atoms. The molecule has 6 nitrogen and oxygen atoms in total. The molecule has 0 saturated heterocycles. The molecule has 0 spiro atoms. The summed E-state index contributed by atoms with van der Waals surface area (Å²) in [5, 5.41) is 4.86. The molecule has 1 aromatic carbocycles. The summed E-state index contributed by atoms with van der Waals surface area (Å²) in [6, 6.07) is 4.02. The van der Waals surface area contributed by atoms with E-state index in [-0.39, 0.29) is 11.4 Å². The highest BCUT2D eigenvalue weighted by atomic mass is 32.1. The Kier molecular flexibility index (Phi) is 4.00. The molecule has 0 atom stereocenters. The SMILES string of the molecule is COc1cc(F)c(Nc2nc(-c3c(C)nc4ncccn34)cs2)c(F)c1. The summed E-state index contributed by atoms with van der Waals surface area (Å²) in [6.45, 7) is 1.86. The third-order valence-electron chi connectivity index (χ3n) is 3.81. The second-order valence-electron chi connectivity index (χ2n) is 5.46. The van der Waals surface area contributed by atoms with E-state index in [1.165, 1.54) is 18.4 Å². The summed E-state index contributed by atoms with van der Waals surface area (Å²) in [6.07, 6.45) is 3.50. The van der Waals surface area contributed by atoms with E-state index >= 15 is 0 Å². The van der Waals surface area contributed by atoms with Gasteiger partial charge in [-0.2, -0.15) is 0 Å². The summed E-state index contributed by atoms with van der Waals surface area (Å²) in [4.78, 5) is 13.0. The quantitative estimate of drug-likeness (QED) is 0.581. The number of aromatic nitrogens is 4. The van der Waals surface area contributed by atoms with Gasteiger partial charge in [0.25, 0.3) is 0 Å². The molecule has 132 valence electrons. The first-order valence-electron chi connectivity index (χ1n) is 7.62. The van der Waals surface area contributed by atoms with Crippen LogP contribution in [0.3, 0.4) is 0 Å². The van der Waals surface area contributed by atoms with Crippen LogP contribution in [-0.2, 0) is 0 Å².